The van der Waals surface area contributed by atoms with E-state index in [0.717, 1.165) is 0 Å². The Morgan fingerprint density at radius 2 is 1.67 bits per heavy atom. The van der Waals surface area contributed by atoms with Crippen molar-refractivity contribution in [2.75, 3.05) is 0 Å². The molecule has 0 aliphatic carbocycles. The Hall–Kier alpha value is -0.980. The molecule has 0 aliphatic heterocycles. The van der Waals surface area contributed by atoms with Gasteiger partial charge in [0.15, 0.2) is 0 Å². The zero-order valence-corrected chi connectivity index (χ0v) is 8.50. The maximum absolute atomic E-state index is 12.3. The van der Waals surface area contributed by atoms with Crippen molar-refractivity contribution in [3.05, 3.63) is 23.8 Å². The minimum atomic E-state index is -9.62. The molecule has 1 N–H and O–H groups in total. The summed E-state index contributed by atoms with van der Waals surface area (Å²) in [6.07, 6.45) is 0.0491. The number of aromatic hydroxyl groups is 1. The van der Waals surface area contributed by atoms with Crippen LogP contribution in [0.25, 0.3) is 0 Å². The zero-order valence-electron chi connectivity index (χ0n) is 7.68. The SMILES string of the molecule is CCc1cc(S(F)(F)(F)(F)F)ccc1O. The summed E-state index contributed by atoms with van der Waals surface area (Å²) >= 11 is 0. The van der Waals surface area contributed by atoms with Crippen molar-refractivity contribution >= 4 is 10.2 Å². The quantitative estimate of drug-likeness (QED) is 0.757. The maximum atomic E-state index is 12.3. The van der Waals surface area contributed by atoms with E-state index in [9.17, 15) is 19.4 Å². The molecule has 0 saturated heterocycles. The Kier molecular flexibility index (Phi) is 2.08. The van der Waals surface area contributed by atoms with Gasteiger partial charge in [-0.2, -0.15) is 0 Å². The monoisotopic (exact) mass is 248 g/mol. The Morgan fingerprint density at radius 1 is 1.13 bits per heavy atom. The van der Waals surface area contributed by atoms with Gasteiger partial charge in [-0.15, -0.1) is 0 Å². The van der Waals surface area contributed by atoms with Crippen LogP contribution in [-0.2, 0) is 6.42 Å². The number of hydrogen-bond acceptors (Lipinski definition) is 1. The van der Waals surface area contributed by atoms with Gasteiger partial charge in [0, 0.05) is 0 Å². The summed E-state index contributed by atoms with van der Waals surface area (Å²) in [6.45, 7) is 1.46. The Bertz CT molecular complexity index is 396. The fourth-order valence-electron chi connectivity index (χ4n) is 1.09. The second-order valence-corrected chi connectivity index (χ2v) is 5.52. The van der Waals surface area contributed by atoms with Crippen LogP contribution in [0.2, 0.25) is 0 Å². The average Bonchev–Trinajstić information content (AvgIpc) is 2.00. The second-order valence-electron chi connectivity index (χ2n) is 3.11. The van der Waals surface area contributed by atoms with E-state index in [1.165, 1.54) is 6.92 Å². The molecule has 1 aromatic rings. The number of phenols is 1. The summed E-state index contributed by atoms with van der Waals surface area (Å²) in [7, 11) is -9.62. The van der Waals surface area contributed by atoms with Crippen LogP contribution in [0.5, 0.6) is 5.75 Å². The van der Waals surface area contributed by atoms with Gasteiger partial charge in [0.1, 0.15) is 10.6 Å². The normalized spacial score (nSPS) is 16.9. The zero-order chi connectivity index (χ0) is 12.0. The molecule has 0 spiro atoms. The Balaban J connectivity index is 3.44. The lowest BCUT2D eigenvalue weighted by Gasteiger charge is -2.40. The standard InChI is InChI=1S/C8H9F5OS/c1-2-6-5-7(3-4-8(6)14)15(9,10,11,12)13/h3-5,14H,2H2,1H3. The van der Waals surface area contributed by atoms with Gasteiger partial charge in [0.25, 0.3) is 0 Å². The average molecular weight is 248 g/mol. The van der Waals surface area contributed by atoms with Crippen LogP contribution in [0.3, 0.4) is 0 Å². The number of aryl methyl sites for hydroxylation is 1. The van der Waals surface area contributed by atoms with Crippen molar-refractivity contribution in [3.8, 4) is 5.75 Å². The molecular weight excluding hydrogens is 239 g/mol. The van der Waals surface area contributed by atoms with Gasteiger partial charge in [0.2, 0.25) is 0 Å². The van der Waals surface area contributed by atoms with E-state index in [2.05, 4.69) is 0 Å². The summed E-state index contributed by atoms with van der Waals surface area (Å²) in [5.74, 6) is -0.414. The maximum Gasteiger partial charge on any atom is 0.310 e. The number of benzene rings is 1. The summed E-state index contributed by atoms with van der Waals surface area (Å²) < 4.78 is 61.6. The van der Waals surface area contributed by atoms with Crippen molar-refractivity contribution in [3.63, 3.8) is 0 Å². The van der Waals surface area contributed by atoms with E-state index in [1.54, 1.807) is 0 Å². The predicted molar refractivity (Wildman–Crippen MR) is 48.9 cm³/mol. The van der Waals surface area contributed by atoms with Gasteiger partial charge in [0.05, 0.1) is 0 Å². The fourth-order valence-corrected chi connectivity index (χ4v) is 1.78. The molecule has 15 heavy (non-hydrogen) atoms. The highest BCUT2D eigenvalue weighted by molar-refractivity contribution is 8.45. The number of phenolic OH excluding ortho intramolecular Hbond substituents is 1. The van der Waals surface area contributed by atoms with Gasteiger partial charge < -0.3 is 5.11 Å². The third-order valence-corrected chi connectivity index (χ3v) is 3.02. The third kappa shape index (κ3) is 2.74. The van der Waals surface area contributed by atoms with Crippen LogP contribution in [-0.4, -0.2) is 5.11 Å². The first-order chi connectivity index (χ1) is 6.44. The Labute approximate surface area is 83.3 Å². The van der Waals surface area contributed by atoms with E-state index >= 15 is 0 Å². The molecule has 0 atom stereocenters. The van der Waals surface area contributed by atoms with Crippen LogP contribution in [0, 0.1) is 0 Å². The fraction of sp³-hybridized carbons (Fsp3) is 0.250. The molecule has 0 amide bonds. The van der Waals surface area contributed by atoms with Gasteiger partial charge in [-0.05, 0) is 30.2 Å². The summed E-state index contributed by atoms with van der Waals surface area (Å²) in [5, 5.41) is 9.07. The lowest BCUT2D eigenvalue weighted by Crippen LogP contribution is -2.06. The van der Waals surface area contributed by atoms with E-state index < -0.39 is 20.9 Å². The Morgan fingerprint density at radius 3 is 2.07 bits per heavy atom. The first-order valence-electron chi connectivity index (χ1n) is 4.00. The minimum absolute atomic E-state index is 0.0491. The van der Waals surface area contributed by atoms with Crippen molar-refractivity contribution in [2.24, 2.45) is 0 Å². The van der Waals surface area contributed by atoms with Crippen LogP contribution in [0.1, 0.15) is 12.5 Å². The summed E-state index contributed by atoms with van der Waals surface area (Å²) in [5.41, 5.74) is -0.152. The topological polar surface area (TPSA) is 20.2 Å². The van der Waals surface area contributed by atoms with Gasteiger partial charge >= 0.3 is 10.2 Å². The van der Waals surface area contributed by atoms with E-state index in [0.29, 0.717) is 6.07 Å². The molecule has 0 radical (unpaired) electrons. The number of rotatable bonds is 2. The molecule has 88 valence electrons. The first-order valence-corrected chi connectivity index (χ1v) is 5.95. The molecular formula is C8H9F5OS. The minimum Gasteiger partial charge on any atom is -0.508 e. The molecule has 1 nitrogen and oxygen atoms in total. The molecule has 0 unspecified atom stereocenters. The van der Waals surface area contributed by atoms with Gasteiger partial charge in [-0.1, -0.05) is 26.4 Å². The van der Waals surface area contributed by atoms with Gasteiger partial charge in [-0.25, -0.2) is 0 Å². The highest BCUT2D eigenvalue weighted by Gasteiger charge is 2.65. The van der Waals surface area contributed by atoms with E-state index in [4.69, 9.17) is 5.11 Å². The molecule has 0 saturated carbocycles. The highest BCUT2D eigenvalue weighted by atomic mass is 32.5. The smallest absolute Gasteiger partial charge is 0.310 e. The van der Waals surface area contributed by atoms with E-state index in [1.807, 2.05) is 0 Å². The predicted octanol–water partition coefficient (Wildman–Crippen LogP) is 4.61. The lowest BCUT2D eigenvalue weighted by molar-refractivity contribution is 0.363. The number of hydrogen-bond donors (Lipinski definition) is 1. The van der Waals surface area contributed by atoms with Crippen LogP contribution < -0.4 is 0 Å². The summed E-state index contributed by atoms with van der Waals surface area (Å²) in [6, 6.07) is 1.11. The first kappa shape index (κ1) is 12.1. The van der Waals surface area contributed by atoms with Crippen molar-refractivity contribution in [1.29, 1.82) is 0 Å². The van der Waals surface area contributed by atoms with Crippen LogP contribution in [0.15, 0.2) is 23.1 Å². The molecule has 0 fully saturated rings. The molecule has 0 aromatic heterocycles. The molecule has 1 aromatic carbocycles. The highest BCUT2D eigenvalue weighted by Crippen LogP contribution is 3.02. The lowest BCUT2D eigenvalue weighted by atomic mass is 10.1. The molecule has 7 heteroatoms. The largest absolute Gasteiger partial charge is 0.508 e. The molecule has 0 aliphatic rings. The van der Waals surface area contributed by atoms with Crippen LogP contribution in [0.4, 0.5) is 19.4 Å². The van der Waals surface area contributed by atoms with E-state index in [-0.39, 0.29) is 24.1 Å². The summed E-state index contributed by atoms with van der Waals surface area (Å²) in [4.78, 5) is -1.97. The van der Waals surface area contributed by atoms with Crippen molar-refractivity contribution in [2.45, 2.75) is 18.2 Å². The number of halogens is 5. The molecule has 0 heterocycles. The van der Waals surface area contributed by atoms with Crippen molar-refractivity contribution in [1.82, 2.24) is 0 Å². The molecule has 1 rings (SSSR count). The van der Waals surface area contributed by atoms with Crippen LogP contribution >= 0.6 is 10.2 Å². The van der Waals surface area contributed by atoms with Gasteiger partial charge in [-0.3, -0.25) is 0 Å². The van der Waals surface area contributed by atoms with Crippen molar-refractivity contribution < 1.29 is 24.5 Å². The molecule has 0 bridgehead atoms. The third-order valence-electron chi connectivity index (χ3n) is 1.88. The second kappa shape index (κ2) is 2.58.